The summed E-state index contributed by atoms with van der Waals surface area (Å²) in [5, 5.41) is 15.9. The predicted molar refractivity (Wildman–Crippen MR) is 175 cm³/mol. The zero-order valence-electron chi connectivity index (χ0n) is 26.9. The average Bonchev–Trinajstić information content (AvgIpc) is 3.32. The van der Waals surface area contributed by atoms with Gasteiger partial charge in [0.05, 0.1) is 29.1 Å². The van der Waals surface area contributed by atoms with Gasteiger partial charge in [0.2, 0.25) is 0 Å². The van der Waals surface area contributed by atoms with Gasteiger partial charge in [-0.3, -0.25) is 4.90 Å². The fraction of sp³-hybridized carbons (Fsp3) is 0.514. The van der Waals surface area contributed by atoms with Crippen molar-refractivity contribution >= 4 is 27.5 Å². The van der Waals surface area contributed by atoms with Crippen LogP contribution < -0.4 is 24.4 Å². The summed E-state index contributed by atoms with van der Waals surface area (Å²) in [7, 11) is 0. The molecule has 3 aromatic carbocycles. The lowest BCUT2D eigenvalue weighted by atomic mass is 9.89. The molecular weight excluding hydrogens is 635 g/mol. The number of halogens is 3. The molecule has 3 unspecified atom stereocenters. The monoisotopic (exact) mass is 671 g/mol. The lowest BCUT2D eigenvalue weighted by Crippen LogP contribution is -2.60. The molecule has 1 aliphatic carbocycles. The Morgan fingerprint density at radius 1 is 1.06 bits per heavy atom. The zero-order chi connectivity index (χ0) is 32.8. The van der Waals surface area contributed by atoms with Crippen molar-refractivity contribution in [2.45, 2.75) is 74.8 Å². The lowest BCUT2D eigenvalue weighted by Gasteiger charge is -2.40. The molecule has 7 heterocycles. The Hall–Kier alpha value is -4.03. The number of nitrogens with one attached hydrogen (secondary N) is 1. The van der Waals surface area contributed by atoms with E-state index in [-0.39, 0.29) is 76.3 Å². The van der Waals surface area contributed by atoms with Gasteiger partial charge < -0.3 is 29.5 Å². The number of phenolic OH excluding ortho intramolecular Hbond substituents is 1. The van der Waals surface area contributed by atoms with Crippen molar-refractivity contribution in [3.8, 4) is 34.4 Å². The molecule has 0 amide bonds. The highest BCUT2D eigenvalue weighted by molar-refractivity contribution is 6.06. The van der Waals surface area contributed by atoms with Crippen LogP contribution in [0.15, 0.2) is 24.3 Å². The molecule has 1 aromatic heterocycles. The van der Waals surface area contributed by atoms with Gasteiger partial charge in [0.1, 0.15) is 42.2 Å². The van der Waals surface area contributed by atoms with Gasteiger partial charge in [-0.05, 0) is 72.1 Å². The molecule has 11 rings (SSSR count). The molecule has 5 fully saturated rings. The van der Waals surface area contributed by atoms with Crippen molar-refractivity contribution in [1.29, 1.82) is 0 Å². The van der Waals surface area contributed by atoms with Crippen molar-refractivity contribution in [3.05, 3.63) is 41.5 Å². The van der Waals surface area contributed by atoms with Gasteiger partial charge in [-0.2, -0.15) is 9.97 Å². The number of ether oxygens (including phenoxy) is 3. The summed E-state index contributed by atoms with van der Waals surface area (Å²) in [6, 6.07) is 6.76. The molecule has 1 spiro atoms. The highest BCUT2D eigenvalue weighted by Gasteiger charge is 2.62. The number of nitrogens with zero attached hydrogens (tertiary/aromatic N) is 4. The van der Waals surface area contributed by atoms with Gasteiger partial charge in [-0.25, -0.2) is 13.2 Å². The first kappa shape index (κ1) is 28.8. The largest absolute Gasteiger partial charge is 0.508 e. The Morgan fingerprint density at radius 2 is 1.96 bits per heavy atom. The molecule has 6 aliphatic heterocycles. The molecule has 4 aromatic rings. The van der Waals surface area contributed by atoms with Crippen molar-refractivity contribution in [3.63, 3.8) is 0 Å². The topological polar surface area (TPSA) is 92.2 Å². The molecule has 1 saturated carbocycles. The molecule has 2 bridgehead atoms. The number of alkyl halides is 1. The Kier molecular flexibility index (Phi) is 5.76. The quantitative estimate of drug-likeness (QED) is 0.296. The van der Waals surface area contributed by atoms with Gasteiger partial charge in [0, 0.05) is 50.1 Å². The molecule has 0 radical (unpaired) electrons. The zero-order valence-corrected chi connectivity index (χ0v) is 26.9. The second-order valence-corrected chi connectivity index (χ2v) is 15.6. The fourth-order valence-corrected chi connectivity index (χ4v) is 10.3. The van der Waals surface area contributed by atoms with Crippen LogP contribution in [0.1, 0.15) is 44.1 Å². The number of anilines is 1. The number of hydrogen-bond acceptors (Lipinski definition) is 9. The van der Waals surface area contributed by atoms with Gasteiger partial charge in [0.25, 0.3) is 0 Å². The number of hydrogen-bond donors (Lipinski definition) is 2. The number of rotatable bonds is 4. The third-order valence-electron chi connectivity index (χ3n) is 12.6. The van der Waals surface area contributed by atoms with Crippen LogP contribution in [0.25, 0.3) is 32.8 Å². The number of aromatic hydroxyl groups is 1. The van der Waals surface area contributed by atoms with E-state index < -0.39 is 23.3 Å². The van der Waals surface area contributed by atoms with Crippen LogP contribution in [0.4, 0.5) is 19.0 Å². The van der Waals surface area contributed by atoms with Crippen LogP contribution in [0.3, 0.4) is 0 Å². The third kappa shape index (κ3) is 4.07. The lowest BCUT2D eigenvalue weighted by molar-refractivity contribution is 0.107. The Balaban J connectivity index is 1.11. The van der Waals surface area contributed by atoms with E-state index in [4.69, 9.17) is 19.2 Å². The summed E-state index contributed by atoms with van der Waals surface area (Å²) in [5.41, 5.74) is 0.391. The highest BCUT2D eigenvalue weighted by Crippen LogP contribution is 2.61. The SMILES string of the molecule is Oc1cc(-c2c(F)c3c4c(nc(OC[C@@]56C[C@H](F)CN5CC5(CC5)C6)nc4c2F)N2CC4CCC(N4)C2CO3)c2c3c(ccc2c1)OCC3. The minimum Gasteiger partial charge on any atom is -0.508 e. The third-order valence-corrected chi connectivity index (χ3v) is 12.6. The number of piperazine rings is 1. The van der Waals surface area contributed by atoms with Crippen molar-refractivity contribution in [2.75, 3.05) is 44.4 Å². The molecule has 9 nitrogen and oxygen atoms in total. The maximum Gasteiger partial charge on any atom is 0.319 e. The first-order chi connectivity index (χ1) is 23.8. The van der Waals surface area contributed by atoms with Crippen molar-refractivity contribution in [1.82, 2.24) is 20.2 Å². The molecular formula is C37H36F3N5O4. The van der Waals surface area contributed by atoms with E-state index in [2.05, 4.69) is 20.1 Å². The van der Waals surface area contributed by atoms with Gasteiger partial charge in [-0.15, -0.1) is 0 Å². The fourth-order valence-electron chi connectivity index (χ4n) is 10.3. The van der Waals surface area contributed by atoms with E-state index >= 15 is 8.78 Å². The highest BCUT2D eigenvalue weighted by atomic mass is 19.1. The van der Waals surface area contributed by atoms with Crippen LogP contribution in [0.5, 0.6) is 23.3 Å². The van der Waals surface area contributed by atoms with E-state index in [1.54, 1.807) is 12.1 Å². The standard InChI is InChI=1S/C37H36F3N5O4/c38-19-11-37(15-36(6-7-36)16-44(37)12-19)17-49-35-42-32-29-33(48-14-25-24-3-2-20(41-24)13-45(25)34(29)43-35)31(40)28(30(32)39)23-10-21(46)9-18-1-4-26-22(27(18)23)5-8-47-26/h1,4,9-10,19-20,24-25,41,46H,2-3,5-8,11-17H2/t19-,20?,24?,25?,37-/m0/s1. The van der Waals surface area contributed by atoms with E-state index in [1.807, 2.05) is 6.07 Å². The van der Waals surface area contributed by atoms with Gasteiger partial charge >= 0.3 is 6.01 Å². The summed E-state index contributed by atoms with van der Waals surface area (Å²) in [6.07, 6.45) is 5.13. The summed E-state index contributed by atoms with van der Waals surface area (Å²) in [6.45, 7) is 2.70. The van der Waals surface area contributed by atoms with Crippen LogP contribution in [-0.2, 0) is 6.42 Å². The molecule has 12 heteroatoms. The van der Waals surface area contributed by atoms with Crippen LogP contribution in [0, 0.1) is 17.0 Å². The van der Waals surface area contributed by atoms with Crippen molar-refractivity contribution in [2.24, 2.45) is 5.41 Å². The molecule has 7 aliphatic rings. The number of phenols is 1. The summed E-state index contributed by atoms with van der Waals surface area (Å²) in [4.78, 5) is 13.9. The first-order valence-electron chi connectivity index (χ1n) is 17.6. The normalized spacial score (nSPS) is 30.3. The number of fused-ring (bicyclic) bond motifs is 9. The molecule has 2 N–H and O–H groups in total. The second kappa shape index (κ2) is 9.81. The number of benzene rings is 3. The Labute approximate surface area is 280 Å². The molecule has 254 valence electrons. The maximum atomic E-state index is 17.3. The van der Waals surface area contributed by atoms with E-state index in [0.29, 0.717) is 54.9 Å². The van der Waals surface area contributed by atoms with Crippen LogP contribution in [-0.4, -0.2) is 89.3 Å². The molecule has 5 atom stereocenters. The van der Waals surface area contributed by atoms with E-state index in [9.17, 15) is 9.50 Å². The summed E-state index contributed by atoms with van der Waals surface area (Å²) in [5.74, 6) is -0.910. The van der Waals surface area contributed by atoms with Crippen LogP contribution in [0.2, 0.25) is 0 Å². The predicted octanol–water partition coefficient (Wildman–Crippen LogP) is 5.42. The van der Waals surface area contributed by atoms with Gasteiger partial charge in [0.15, 0.2) is 17.4 Å². The summed E-state index contributed by atoms with van der Waals surface area (Å²) < 4.78 is 67.8. The van der Waals surface area contributed by atoms with Crippen LogP contribution >= 0.6 is 0 Å². The second-order valence-electron chi connectivity index (χ2n) is 15.6. The van der Waals surface area contributed by atoms with Crippen molar-refractivity contribution < 1.29 is 32.5 Å². The summed E-state index contributed by atoms with van der Waals surface area (Å²) >= 11 is 0. The van der Waals surface area contributed by atoms with E-state index in [0.717, 1.165) is 44.2 Å². The smallest absolute Gasteiger partial charge is 0.319 e. The molecule has 49 heavy (non-hydrogen) atoms. The van der Waals surface area contributed by atoms with E-state index in [1.165, 1.54) is 6.07 Å². The molecule has 4 saturated heterocycles. The minimum atomic E-state index is -0.925. The Bertz CT molecular complexity index is 2110. The van der Waals surface area contributed by atoms with Gasteiger partial charge in [-0.1, -0.05) is 6.07 Å². The maximum absolute atomic E-state index is 17.3. The minimum absolute atomic E-state index is 0.0140. The average molecular weight is 672 g/mol. The number of aromatic nitrogens is 2. The first-order valence-corrected chi connectivity index (χ1v) is 17.6. The Morgan fingerprint density at radius 3 is 2.84 bits per heavy atom.